The second-order valence-corrected chi connectivity index (χ2v) is 4.62. The Morgan fingerprint density at radius 2 is 2.11 bits per heavy atom. The van der Waals surface area contributed by atoms with E-state index in [1.165, 1.54) is 0 Å². The zero-order valence-corrected chi connectivity index (χ0v) is 11.0. The molecule has 100 valence electrons. The van der Waals surface area contributed by atoms with E-state index in [0.717, 1.165) is 0 Å². The third-order valence-corrected chi connectivity index (χ3v) is 2.36. The number of phenolic OH excluding ortho intramolecular Hbond substituents is 1. The maximum Gasteiger partial charge on any atom is 0.224 e. The Morgan fingerprint density at radius 3 is 2.78 bits per heavy atom. The lowest BCUT2D eigenvalue weighted by molar-refractivity contribution is -0.120. The van der Waals surface area contributed by atoms with Crippen molar-refractivity contribution >= 4 is 5.91 Å². The van der Waals surface area contributed by atoms with Gasteiger partial charge in [-0.15, -0.1) is 0 Å². The number of hydrogen-bond acceptors (Lipinski definition) is 3. The third kappa shape index (κ3) is 5.68. The smallest absolute Gasteiger partial charge is 0.224 e. The van der Waals surface area contributed by atoms with Crippen LogP contribution in [0.2, 0.25) is 0 Å². The van der Waals surface area contributed by atoms with E-state index in [1.54, 1.807) is 24.3 Å². The van der Waals surface area contributed by atoms with Crippen LogP contribution < -0.4 is 5.32 Å². The van der Waals surface area contributed by atoms with Gasteiger partial charge in [0.25, 0.3) is 0 Å². The van der Waals surface area contributed by atoms with Crippen molar-refractivity contribution in [3.63, 3.8) is 0 Å². The number of carbonyl (C=O) groups excluding carboxylic acids is 1. The molecular weight excluding hydrogens is 230 g/mol. The van der Waals surface area contributed by atoms with Crippen LogP contribution in [0.5, 0.6) is 5.75 Å². The summed E-state index contributed by atoms with van der Waals surface area (Å²) in [5.41, 5.74) is 0.637. The van der Waals surface area contributed by atoms with Crippen molar-refractivity contribution in [3.05, 3.63) is 29.8 Å². The van der Waals surface area contributed by atoms with Crippen LogP contribution in [0, 0.1) is 5.92 Å². The number of phenols is 1. The molecule has 0 spiro atoms. The average Bonchev–Trinajstić information content (AvgIpc) is 2.31. The van der Waals surface area contributed by atoms with Crippen LogP contribution in [0.3, 0.4) is 0 Å². The van der Waals surface area contributed by atoms with Crippen LogP contribution in [0.15, 0.2) is 24.3 Å². The SMILES string of the molecule is CC(C)COCCNC(=O)Cc1ccccc1O. The minimum atomic E-state index is -0.107. The molecule has 18 heavy (non-hydrogen) atoms. The Bertz CT molecular complexity index is 377. The van der Waals surface area contributed by atoms with E-state index in [2.05, 4.69) is 19.2 Å². The number of nitrogens with one attached hydrogen (secondary N) is 1. The number of benzene rings is 1. The number of ether oxygens (including phenoxy) is 1. The number of para-hydroxylation sites is 1. The fourth-order valence-electron chi connectivity index (χ4n) is 1.48. The molecule has 1 rings (SSSR count). The molecule has 0 atom stereocenters. The fourth-order valence-corrected chi connectivity index (χ4v) is 1.48. The molecule has 0 aromatic heterocycles. The van der Waals surface area contributed by atoms with Gasteiger partial charge in [0.1, 0.15) is 5.75 Å². The zero-order valence-electron chi connectivity index (χ0n) is 11.0. The van der Waals surface area contributed by atoms with Crippen LogP contribution >= 0.6 is 0 Å². The number of aromatic hydroxyl groups is 1. The van der Waals surface area contributed by atoms with Crippen molar-refractivity contribution in [1.82, 2.24) is 5.32 Å². The van der Waals surface area contributed by atoms with Gasteiger partial charge < -0.3 is 15.2 Å². The molecule has 4 heteroatoms. The maximum absolute atomic E-state index is 11.6. The van der Waals surface area contributed by atoms with Crippen molar-refractivity contribution in [2.75, 3.05) is 19.8 Å². The molecule has 4 nitrogen and oxygen atoms in total. The molecule has 0 radical (unpaired) electrons. The maximum atomic E-state index is 11.6. The molecule has 0 saturated heterocycles. The normalized spacial score (nSPS) is 10.6. The Balaban J connectivity index is 2.20. The number of rotatable bonds is 7. The first-order chi connectivity index (χ1) is 8.59. The van der Waals surface area contributed by atoms with Gasteiger partial charge in [-0.1, -0.05) is 32.0 Å². The Morgan fingerprint density at radius 1 is 1.39 bits per heavy atom. The summed E-state index contributed by atoms with van der Waals surface area (Å²) in [6, 6.07) is 6.85. The highest BCUT2D eigenvalue weighted by atomic mass is 16.5. The van der Waals surface area contributed by atoms with E-state index >= 15 is 0 Å². The molecule has 0 heterocycles. The summed E-state index contributed by atoms with van der Waals surface area (Å²) in [4.78, 5) is 11.6. The van der Waals surface area contributed by atoms with Gasteiger partial charge in [-0.2, -0.15) is 0 Å². The van der Waals surface area contributed by atoms with Crippen molar-refractivity contribution in [1.29, 1.82) is 0 Å². The topological polar surface area (TPSA) is 58.6 Å². The van der Waals surface area contributed by atoms with E-state index in [0.29, 0.717) is 31.2 Å². The van der Waals surface area contributed by atoms with Gasteiger partial charge in [0.2, 0.25) is 5.91 Å². The zero-order chi connectivity index (χ0) is 13.4. The molecule has 0 bridgehead atoms. The van der Waals surface area contributed by atoms with Crippen LogP contribution in [-0.2, 0) is 16.0 Å². The number of hydrogen-bond donors (Lipinski definition) is 2. The van der Waals surface area contributed by atoms with E-state index < -0.39 is 0 Å². The lowest BCUT2D eigenvalue weighted by Gasteiger charge is -2.08. The predicted molar refractivity (Wildman–Crippen MR) is 70.5 cm³/mol. The van der Waals surface area contributed by atoms with Gasteiger partial charge in [-0.05, 0) is 12.0 Å². The second kappa shape index (κ2) is 7.71. The second-order valence-electron chi connectivity index (χ2n) is 4.62. The van der Waals surface area contributed by atoms with Crippen LogP contribution in [0.1, 0.15) is 19.4 Å². The molecule has 0 aliphatic heterocycles. The van der Waals surface area contributed by atoms with Gasteiger partial charge >= 0.3 is 0 Å². The highest BCUT2D eigenvalue weighted by Crippen LogP contribution is 2.15. The summed E-state index contributed by atoms with van der Waals surface area (Å²) in [5.74, 6) is 0.551. The molecule has 0 fully saturated rings. The highest BCUT2D eigenvalue weighted by molar-refractivity contribution is 5.79. The van der Waals surface area contributed by atoms with E-state index in [4.69, 9.17) is 4.74 Å². The summed E-state index contributed by atoms with van der Waals surface area (Å²) in [6.07, 6.45) is 0.191. The summed E-state index contributed by atoms with van der Waals surface area (Å²) in [6.45, 7) is 5.88. The summed E-state index contributed by atoms with van der Waals surface area (Å²) in [5, 5.41) is 12.3. The quantitative estimate of drug-likeness (QED) is 0.725. The molecule has 1 aromatic carbocycles. The third-order valence-electron chi connectivity index (χ3n) is 2.36. The van der Waals surface area contributed by atoms with Crippen LogP contribution in [-0.4, -0.2) is 30.8 Å². The Labute approximate surface area is 108 Å². The van der Waals surface area contributed by atoms with Gasteiger partial charge in [0, 0.05) is 18.7 Å². The molecule has 1 amide bonds. The highest BCUT2D eigenvalue weighted by Gasteiger charge is 2.06. The van der Waals surface area contributed by atoms with E-state index in [1.807, 2.05) is 0 Å². The Kier molecular flexibility index (Phi) is 6.22. The lowest BCUT2D eigenvalue weighted by Crippen LogP contribution is -2.29. The molecule has 0 aliphatic carbocycles. The summed E-state index contributed by atoms with van der Waals surface area (Å²) >= 11 is 0. The van der Waals surface area contributed by atoms with Gasteiger partial charge in [0.15, 0.2) is 0 Å². The molecule has 1 aromatic rings. The van der Waals surface area contributed by atoms with Crippen molar-refractivity contribution in [2.24, 2.45) is 5.92 Å². The predicted octanol–water partition coefficient (Wildman–Crippen LogP) is 1.72. The summed E-state index contributed by atoms with van der Waals surface area (Å²) < 4.78 is 5.36. The monoisotopic (exact) mass is 251 g/mol. The van der Waals surface area contributed by atoms with Crippen LogP contribution in [0.4, 0.5) is 0 Å². The van der Waals surface area contributed by atoms with Crippen molar-refractivity contribution < 1.29 is 14.6 Å². The van der Waals surface area contributed by atoms with Gasteiger partial charge in [-0.25, -0.2) is 0 Å². The van der Waals surface area contributed by atoms with Crippen molar-refractivity contribution in [2.45, 2.75) is 20.3 Å². The summed E-state index contributed by atoms with van der Waals surface area (Å²) in [7, 11) is 0. The average molecular weight is 251 g/mol. The Hall–Kier alpha value is -1.55. The first-order valence-electron chi connectivity index (χ1n) is 6.21. The minimum Gasteiger partial charge on any atom is -0.508 e. The van der Waals surface area contributed by atoms with E-state index in [-0.39, 0.29) is 18.1 Å². The standard InChI is InChI=1S/C14H21NO3/c1-11(2)10-18-8-7-15-14(17)9-12-5-3-4-6-13(12)16/h3-6,11,16H,7-10H2,1-2H3,(H,15,17). The van der Waals surface area contributed by atoms with Crippen LogP contribution in [0.25, 0.3) is 0 Å². The first-order valence-corrected chi connectivity index (χ1v) is 6.21. The minimum absolute atomic E-state index is 0.107. The molecular formula is C14H21NO3. The number of carbonyl (C=O) groups is 1. The largest absolute Gasteiger partial charge is 0.508 e. The van der Waals surface area contributed by atoms with Gasteiger partial charge in [-0.3, -0.25) is 4.79 Å². The lowest BCUT2D eigenvalue weighted by atomic mass is 10.1. The molecule has 2 N–H and O–H groups in total. The first kappa shape index (κ1) is 14.5. The fraction of sp³-hybridized carbons (Fsp3) is 0.500. The van der Waals surface area contributed by atoms with Gasteiger partial charge in [0.05, 0.1) is 13.0 Å². The molecule has 0 unspecified atom stereocenters. The number of amides is 1. The van der Waals surface area contributed by atoms with Crippen molar-refractivity contribution in [3.8, 4) is 5.75 Å². The molecule has 0 aliphatic rings. The molecule has 0 saturated carbocycles. The van der Waals surface area contributed by atoms with E-state index in [9.17, 15) is 9.90 Å².